The van der Waals surface area contributed by atoms with E-state index in [0.717, 1.165) is 18.5 Å². The van der Waals surface area contributed by atoms with Crippen LogP contribution in [-0.2, 0) is 0 Å². The Kier molecular flexibility index (Phi) is 2.61. The Bertz CT molecular complexity index is 406. The third-order valence-corrected chi connectivity index (χ3v) is 4.25. The van der Waals surface area contributed by atoms with Gasteiger partial charge in [0.25, 0.3) is 0 Å². The molecular formula is C13H22N2O. The van der Waals surface area contributed by atoms with E-state index >= 15 is 0 Å². The van der Waals surface area contributed by atoms with E-state index in [1.807, 2.05) is 11.6 Å². The summed E-state index contributed by atoms with van der Waals surface area (Å²) >= 11 is 0. The van der Waals surface area contributed by atoms with Crippen molar-refractivity contribution in [3.8, 4) is 0 Å². The molecule has 0 saturated heterocycles. The summed E-state index contributed by atoms with van der Waals surface area (Å²) in [5, 5.41) is 14.9. The molecule has 0 bridgehead atoms. The van der Waals surface area contributed by atoms with Crippen LogP contribution in [0.3, 0.4) is 0 Å². The van der Waals surface area contributed by atoms with Crippen LogP contribution in [0.5, 0.6) is 0 Å². The number of aliphatic hydroxyl groups is 1. The quantitative estimate of drug-likeness (QED) is 0.793. The van der Waals surface area contributed by atoms with Gasteiger partial charge < -0.3 is 5.11 Å². The fraction of sp³-hybridized carbons (Fsp3) is 0.769. The molecule has 0 spiro atoms. The van der Waals surface area contributed by atoms with Gasteiger partial charge in [0.15, 0.2) is 0 Å². The van der Waals surface area contributed by atoms with Crippen LogP contribution in [0, 0.1) is 26.2 Å². The monoisotopic (exact) mass is 222 g/mol. The molecule has 1 fully saturated rings. The van der Waals surface area contributed by atoms with E-state index in [9.17, 15) is 5.11 Å². The Labute approximate surface area is 97.5 Å². The summed E-state index contributed by atoms with van der Waals surface area (Å²) in [6.45, 7) is 10.5. The van der Waals surface area contributed by atoms with Gasteiger partial charge in [-0.3, -0.25) is 4.68 Å². The third-order valence-electron chi connectivity index (χ3n) is 4.25. The predicted molar refractivity (Wildman–Crippen MR) is 64.5 cm³/mol. The van der Waals surface area contributed by atoms with Crippen molar-refractivity contribution in [3.05, 3.63) is 17.0 Å². The summed E-state index contributed by atoms with van der Waals surface area (Å²) in [5.74, 6) is 0. The van der Waals surface area contributed by atoms with Gasteiger partial charge >= 0.3 is 0 Å². The lowest BCUT2D eigenvalue weighted by Gasteiger charge is -2.26. The average Bonchev–Trinajstić information content (AvgIpc) is 2.61. The zero-order valence-corrected chi connectivity index (χ0v) is 10.9. The van der Waals surface area contributed by atoms with E-state index in [0.29, 0.717) is 0 Å². The number of aliphatic hydroxyl groups excluding tert-OH is 1. The number of hydrogen-bond acceptors (Lipinski definition) is 2. The molecule has 1 heterocycles. The number of rotatable bonds is 1. The Balaban J connectivity index is 2.36. The summed E-state index contributed by atoms with van der Waals surface area (Å²) in [6.07, 6.45) is 1.80. The van der Waals surface area contributed by atoms with Crippen LogP contribution in [0.25, 0.3) is 0 Å². The number of aryl methyl sites for hydroxylation is 1. The van der Waals surface area contributed by atoms with Gasteiger partial charge in [0.1, 0.15) is 0 Å². The molecule has 0 aromatic carbocycles. The van der Waals surface area contributed by atoms with Crippen LogP contribution >= 0.6 is 0 Å². The van der Waals surface area contributed by atoms with Gasteiger partial charge in [-0.1, -0.05) is 13.8 Å². The third kappa shape index (κ3) is 1.58. The molecule has 0 aliphatic heterocycles. The van der Waals surface area contributed by atoms with Crippen LogP contribution in [-0.4, -0.2) is 21.0 Å². The van der Waals surface area contributed by atoms with Gasteiger partial charge in [0, 0.05) is 5.69 Å². The van der Waals surface area contributed by atoms with Crippen molar-refractivity contribution in [1.29, 1.82) is 0 Å². The standard InChI is InChI=1S/C13H22N2O/c1-8-9(2)14-15(10(8)3)11-6-7-13(4,5)12(11)16/h11-12,16H,6-7H2,1-5H3. The smallest absolute Gasteiger partial charge is 0.0815 e. The van der Waals surface area contributed by atoms with E-state index in [-0.39, 0.29) is 17.6 Å². The Morgan fingerprint density at radius 3 is 2.31 bits per heavy atom. The molecule has 2 atom stereocenters. The highest BCUT2D eigenvalue weighted by molar-refractivity contribution is 5.23. The second-order valence-electron chi connectivity index (χ2n) is 5.78. The predicted octanol–water partition coefficient (Wildman–Crippen LogP) is 2.53. The van der Waals surface area contributed by atoms with Crippen molar-refractivity contribution < 1.29 is 5.11 Å². The minimum Gasteiger partial charge on any atom is -0.390 e. The molecule has 1 N–H and O–H groups in total. The van der Waals surface area contributed by atoms with Gasteiger partial charge in [-0.15, -0.1) is 0 Å². The molecule has 1 aliphatic rings. The highest BCUT2D eigenvalue weighted by Crippen LogP contribution is 2.44. The Hall–Kier alpha value is -0.830. The maximum atomic E-state index is 10.3. The van der Waals surface area contributed by atoms with Crippen molar-refractivity contribution in [3.63, 3.8) is 0 Å². The molecule has 90 valence electrons. The number of nitrogens with zero attached hydrogens (tertiary/aromatic N) is 2. The maximum absolute atomic E-state index is 10.3. The Morgan fingerprint density at radius 1 is 1.31 bits per heavy atom. The molecule has 1 aromatic rings. The maximum Gasteiger partial charge on any atom is 0.0815 e. The van der Waals surface area contributed by atoms with E-state index in [1.54, 1.807) is 0 Å². The summed E-state index contributed by atoms with van der Waals surface area (Å²) in [7, 11) is 0. The largest absolute Gasteiger partial charge is 0.390 e. The lowest BCUT2D eigenvalue weighted by Crippen LogP contribution is -2.30. The minimum absolute atomic E-state index is 0.0187. The summed E-state index contributed by atoms with van der Waals surface area (Å²) in [6, 6.07) is 0.155. The molecule has 1 aliphatic carbocycles. The molecule has 3 heteroatoms. The topological polar surface area (TPSA) is 38.0 Å². The zero-order chi connectivity index (χ0) is 12.1. The Morgan fingerprint density at radius 2 is 1.94 bits per heavy atom. The summed E-state index contributed by atoms with van der Waals surface area (Å²) in [5.41, 5.74) is 3.54. The van der Waals surface area contributed by atoms with Crippen molar-refractivity contribution in [2.75, 3.05) is 0 Å². The normalized spacial score (nSPS) is 28.6. The first-order valence-corrected chi connectivity index (χ1v) is 6.05. The average molecular weight is 222 g/mol. The van der Waals surface area contributed by atoms with E-state index in [4.69, 9.17) is 0 Å². The highest BCUT2D eigenvalue weighted by Gasteiger charge is 2.42. The first-order chi connectivity index (χ1) is 7.34. The summed E-state index contributed by atoms with van der Waals surface area (Å²) in [4.78, 5) is 0. The van der Waals surface area contributed by atoms with Crippen LogP contribution in [0.1, 0.15) is 49.7 Å². The molecule has 2 unspecified atom stereocenters. The highest BCUT2D eigenvalue weighted by atomic mass is 16.3. The number of hydrogen-bond donors (Lipinski definition) is 1. The van der Waals surface area contributed by atoms with Crippen molar-refractivity contribution >= 4 is 0 Å². The fourth-order valence-electron chi connectivity index (χ4n) is 2.67. The number of aromatic nitrogens is 2. The molecular weight excluding hydrogens is 200 g/mol. The molecule has 3 nitrogen and oxygen atoms in total. The first kappa shape index (κ1) is 11.6. The lowest BCUT2D eigenvalue weighted by atomic mass is 9.89. The van der Waals surface area contributed by atoms with Crippen LogP contribution in [0.2, 0.25) is 0 Å². The molecule has 16 heavy (non-hydrogen) atoms. The van der Waals surface area contributed by atoms with E-state index in [1.165, 1.54) is 11.3 Å². The summed E-state index contributed by atoms with van der Waals surface area (Å²) < 4.78 is 2.03. The zero-order valence-electron chi connectivity index (χ0n) is 10.9. The molecule has 2 rings (SSSR count). The lowest BCUT2D eigenvalue weighted by molar-refractivity contribution is 0.0456. The van der Waals surface area contributed by atoms with Crippen LogP contribution in [0.15, 0.2) is 0 Å². The van der Waals surface area contributed by atoms with Crippen LogP contribution in [0.4, 0.5) is 0 Å². The van der Waals surface area contributed by atoms with Crippen molar-refractivity contribution in [2.45, 2.75) is 59.6 Å². The second-order valence-corrected chi connectivity index (χ2v) is 5.78. The second kappa shape index (κ2) is 3.59. The molecule has 0 radical (unpaired) electrons. The van der Waals surface area contributed by atoms with Gasteiger partial charge in [-0.2, -0.15) is 5.10 Å². The van der Waals surface area contributed by atoms with Gasteiger partial charge in [-0.05, 0) is 44.6 Å². The van der Waals surface area contributed by atoms with E-state index in [2.05, 4.69) is 32.8 Å². The van der Waals surface area contributed by atoms with E-state index < -0.39 is 0 Å². The SMILES string of the molecule is Cc1nn(C2CCC(C)(C)C2O)c(C)c1C. The van der Waals surface area contributed by atoms with Gasteiger partial charge in [-0.25, -0.2) is 0 Å². The molecule has 0 amide bonds. The molecule has 1 aromatic heterocycles. The van der Waals surface area contributed by atoms with Gasteiger partial charge in [0.2, 0.25) is 0 Å². The van der Waals surface area contributed by atoms with Crippen molar-refractivity contribution in [2.24, 2.45) is 5.41 Å². The minimum atomic E-state index is -0.287. The first-order valence-electron chi connectivity index (χ1n) is 6.05. The molecule has 1 saturated carbocycles. The fourth-order valence-corrected chi connectivity index (χ4v) is 2.67. The van der Waals surface area contributed by atoms with Crippen LogP contribution < -0.4 is 0 Å². The van der Waals surface area contributed by atoms with Gasteiger partial charge in [0.05, 0.1) is 17.8 Å². The van der Waals surface area contributed by atoms with Crippen molar-refractivity contribution in [1.82, 2.24) is 9.78 Å².